The molecule has 1 heterocycles. The fourth-order valence-corrected chi connectivity index (χ4v) is 8.07. The zero-order chi connectivity index (χ0) is 49.7. The Morgan fingerprint density at radius 1 is 0.588 bits per heavy atom. The summed E-state index contributed by atoms with van der Waals surface area (Å²) in [6.07, 6.45) is 45.2. The predicted octanol–water partition coefficient (Wildman–Crippen LogP) is 11.7. The Morgan fingerprint density at radius 3 is 1.63 bits per heavy atom. The zero-order valence-corrected chi connectivity index (χ0v) is 43.0. The largest absolute Gasteiger partial charge is 0.454 e. The van der Waals surface area contributed by atoms with E-state index >= 15 is 0 Å². The van der Waals surface area contributed by atoms with E-state index in [0.717, 1.165) is 83.5 Å². The van der Waals surface area contributed by atoms with Crippen LogP contribution in [0.3, 0.4) is 0 Å². The summed E-state index contributed by atoms with van der Waals surface area (Å²) in [6.45, 7) is 5.58. The van der Waals surface area contributed by atoms with Crippen molar-refractivity contribution < 1.29 is 49.3 Å². The van der Waals surface area contributed by atoms with Gasteiger partial charge in [-0.05, 0) is 70.6 Å². The summed E-state index contributed by atoms with van der Waals surface area (Å²) in [4.78, 5) is 26.4. The predicted molar refractivity (Wildman–Crippen MR) is 278 cm³/mol. The number of aliphatic hydroxyl groups is 5. The number of rotatable bonds is 44. The van der Waals surface area contributed by atoms with Crippen molar-refractivity contribution in [3.05, 3.63) is 72.9 Å². The fourth-order valence-electron chi connectivity index (χ4n) is 8.07. The van der Waals surface area contributed by atoms with Crippen LogP contribution in [0.4, 0.5) is 0 Å². The molecule has 0 saturated carbocycles. The Bertz CT molecular complexity index is 1380. The van der Waals surface area contributed by atoms with Crippen molar-refractivity contribution in [1.29, 1.82) is 0 Å². The lowest BCUT2D eigenvalue weighted by molar-refractivity contribution is -0.305. The number of hydrogen-bond acceptors (Lipinski definition) is 10. The second kappa shape index (κ2) is 45.3. The van der Waals surface area contributed by atoms with Crippen molar-refractivity contribution in [2.24, 2.45) is 0 Å². The lowest BCUT2D eigenvalue weighted by Gasteiger charge is -2.41. The summed E-state index contributed by atoms with van der Waals surface area (Å²) >= 11 is 0. The molecule has 1 aliphatic rings. The molecule has 0 aromatic carbocycles. The maximum Gasteiger partial charge on any atom is 0.306 e. The first-order chi connectivity index (χ1) is 33.2. The van der Waals surface area contributed by atoms with Crippen LogP contribution in [0.5, 0.6) is 0 Å². The van der Waals surface area contributed by atoms with Crippen molar-refractivity contribution in [2.75, 3.05) is 13.2 Å². The van der Waals surface area contributed by atoms with Gasteiger partial charge in [0.25, 0.3) is 0 Å². The molecule has 0 bridgehead atoms. The minimum atomic E-state index is -1.63. The molecule has 1 rings (SSSR count). The Morgan fingerprint density at radius 2 is 1.07 bits per heavy atom. The van der Waals surface area contributed by atoms with Gasteiger partial charge in [0.2, 0.25) is 5.91 Å². The van der Waals surface area contributed by atoms with Gasteiger partial charge in [-0.1, -0.05) is 209 Å². The van der Waals surface area contributed by atoms with Gasteiger partial charge in [0, 0.05) is 6.42 Å². The van der Waals surface area contributed by atoms with Gasteiger partial charge < -0.3 is 45.1 Å². The van der Waals surface area contributed by atoms with Crippen LogP contribution in [0.1, 0.15) is 213 Å². The number of carbonyl (C=O) groups is 2. The third-order valence-corrected chi connectivity index (χ3v) is 12.4. The van der Waals surface area contributed by atoms with Crippen molar-refractivity contribution >= 4 is 11.9 Å². The lowest BCUT2D eigenvalue weighted by atomic mass is 9.99. The molecule has 11 heteroatoms. The number of carbonyl (C=O) groups excluding carboxylic acids is 2. The van der Waals surface area contributed by atoms with Crippen LogP contribution < -0.4 is 5.32 Å². The van der Waals surface area contributed by atoms with Gasteiger partial charge in [0.1, 0.15) is 24.4 Å². The first kappa shape index (κ1) is 63.1. The first-order valence-electron chi connectivity index (χ1n) is 27.3. The van der Waals surface area contributed by atoms with Gasteiger partial charge in [-0.2, -0.15) is 0 Å². The number of hydrogen-bond donors (Lipinski definition) is 6. The molecule has 8 atom stereocenters. The summed E-state index contributed by atoms with van der Waals surface area (Å²) in [5.41, 5.74) is 0. The maximum atomic E-state index is 13.3. The monoisotopic (exact) mass is 958 g/mol. The van der Waals surface area contributed by atoms with Crippen LogP contribution in [-0.2, 0) is 23.8 Å². The summed E-state index contributed by atoms with van der Waals surface area (Å²) in [6, 6.07) is -1.04. The molecule has 11 nitrogen and oxygen atoms in total. The Kier molecular flexibility index (Phi) is 42.0. The van der Waals surface area contributed by atoms with E-state index in [9.17, 15) is 35.1 Å². The molecule has 0 radical (unpaired) electrons. The Balaban J connectivity index is 2.78. The highest BCUT2D eigenvalue weighted by atomic mass is 16.7. The number of esters is 1. The highest BCUT2D eigenvalue weighted by molar-refractivity contribution is 5.80. The van der Waals surface area contributed by atoms with Crippen LogP contribution >= 0.6 is 0 Å². The van der Waals surface area contributed by atoms with Crippen LogP contribution in [0, 0.1) is 0 Å². The number of aliphatic hydroxyl groups excluding tert-OH is 5. The molecular formula is C57H99NO10. The molecule has 1 fully saturated rings. The van der Waals surface area contributed by atoms with Gasteiger partial charge in [0.05, 0.1) is 25.4 Å². The van der Waals surface area contributed by atoms with E-state index in [1.165, 1.54) is 83.5 Å². The molecule has 1 aliphatic heterocycles. The van der Waals surface area contributed by atoms with E-state index in [1.54, 1.807) is 6.08 Å². The molecule has 1 saturated heterocycles. The third kappa shape index (κ3) is 33.6. The normalized spacial score (nSPS) is 20.5. The van der Waals surface area contributed by atoms with Gasteiger partial charge >= 0.3 is 5.97 Å². The van der Waals surface area contributed by atoms with E-state index in [0.29, 0.717) is 12.8 Å². The average molecular weight is 958 g/mol. The Labute approximate surface area is 413 Å². The quantitative estimate of drug-likeness (QED) is 0.0149. The fraction of sp³-hybridized carbons (Fsp3) is 0.754. The number of ether oxygens (including phenoxy) is 3. The summed E-state index contributed by atoms with van der Waals surface area (Å²) in [5, 5.41) is 56.6. The van der Waals surface area contributed by atoms with E-state index in [1.807, 2.05) is 42.5 Å². The zero-order valence-electron chi connectivity index (χ0n) is 43.0. The van der Waals surface area contributed by atoms with Crippen molar-refractivity contribution in [2.45, 2.75) is 262 Å². The highest BCUT2D eigenvalue weighted by Crippen LogP contribution is 2.26. The molecule has 0 aliphatic carbocycles. The van der Waals surface area contributed by atoms with Crippen LogP contribution in [-0.4, -0.2) is 99.6 Å². The van der Waals surface area contributed by atoms with E-state index in [4.69, 9.17) is 14.2 Å². The first-order valence-corrected chi connectivity index (χ1v) is 27.3. The molecule has 0 spiro atoms. The summed E-state index contributed by atoms with van der Waals surface area (Å²) in [5.74, 6) is -1.24. The Hall–Kier alpha value is -2.90. The number of allylic oxidation sites excluding steroid dienone is 11. The SMILES string of the molecule is CC/C=C/C=C/C=C/C=C\CCCCCCCC(=O)OC1C(OCC(NC(=O)C(O)CCCC/C=C\CCCCCCCCC)C(O)/C=C/CCCCCCCCCCC)OC(CO)C(O)C1O. The second-order valence-corrected chi connectivity index (χ2v) is 18.7. The molecule has 0 aromatic heterocycles. The van der Waals surface area contributed by atoms with Crippen molar-refractivity contribution in [1.82, 2.24) is 5.32 Å². The second-order valence-electron chi connectivity index (χ2n) is 18.7. The van der Waals surface area contributed by atoms with Gasteiger partial charge in [-0.15, -0.1) is 0 Å². The molecule has 68 heavy (non-hydrogen) atoms. The number of amides is 1. The molecule has 1 amide bonds. The van der Waals surface area contributed by atoms with Crippen molar-refractivity contribution in [3.63, 3.8) is 0 Å². The summed E-state index contributed by atoms with van der Waals surface area (Å²) in [7, 11) is 0. The van der Waals surface area contributed by atoms with Gasteiger partial charge in [-0.3, -0.25) is 9.59 Å². The van der Waals surface area contributed by atoms with E-state index in [-0.39, 0.29) is 19.4 Å². The highest BCUT2D eigenvalue weighted by Gasteiger charge is 2.47. The van der Waals surface area contributed by atoms with Crippen LogP contribution in [0.15, 0.2) is 72.9 Å². The molecule has 0 aromatic rings. The number of unbranched alkanes of at least 4 members (excludes halogenated alkanes) is 23. The maximum absolute atomic E-state index is 13.3. The summed E-state index contributed by atoms with van der Waals surface area (Å²) < 4.78 is 17.5. The van der Waals surface area contributed by atoms with Crippen LogP contribution in [0.25, 0.3) is 0 Å². The topological polar surface area (TPSA) is 175 Å². The smallest absolute Gasteiger partial charge is 0.306 e. The molecule has 8 unspecified atom stereocenters. The lowest BCUT2D eigenvalue weighted by Crippen LogP contribution is -2.61. The van der Waals surface area contributed by atoms with E-state index in [2.05, 4.69) is 50.4 Å². The third-order valence-electron chi connectivity index (χ3n) is 12.4. The van der Waals surface area contributed by atoms with Crippen molar-refractivity contribution in [3.8, 4) is 0 Å². The van der Waals surface area contributed by atoms with Crippen LogP contribution in [0.2, 0.25) is 0 Å². The standard InChI is InChI=1S/C57H99NO10/c1-4-7-10-13-16-19-22-24-25-27-30-33-36-39-42-45-52(62)68-55-54(64)53(63)51(46-59)67-57(55)66-47-48(49(60)43-40-37-34-31-28-21-18-15-12-9-6-3)58-56(65)50(61)44-41-38-35-32-29-26-23-20-17-14-11-8-5-2/h7,10,13,16,19,22,24-25,29,32,40,43,48-51,53-55,57,59-61,63-64H,4-6,8-9,11-12,14-15,17-18,20-21,23,26-28,30-31,33-39,41-42,44-47H2,1-3H3,(H,58,65)/b10-7+,16-13+,22-19+,25-24-,32-29-,43-40+. The average Bonchev–Trinajstić information content (AvgIpc) is 3.33. The van der Waals surface area contributed by atoms with Gasteiger partial charge in [-0.25, -0.2) is 0 Å². The minimum absolute atomic E-state index is 0.0930. The minimum Gasteiger partial charge on any atom is -0.454 e. The van der Waals surface area contributed by atoms with E-state index < -0.39 is 67.4 Å². The number of nitrogens with one attached hydrogen (secondary N) is 1. The molecule has 6 N–H and O–H groups in total. The van der Waals surface area contributed by atoms with Gasteiger partial charge in [0.15, 0.2) is 12.4 Å². The molecule has 392 valence electrons. The molecular weight excluding hydrogens is 859 g/mol.